The van der Waals surface area contributed by atoms with Crippen LogP contribution in [-0.2, 0) is 5.41 Å². The molecule has 3 aliphatic rings. The molecular formula is C31H16Br2O4. The number of hydrogen-bond donors (Lipinski definition) is 0. The molecule has 0 saturated heterocycles. The van der Waals surface area contributed by atoms with Crippen LogP contribution in [0.15, 0.2) is 69.6 Å². The molecule has 178 valence electrons. The first-order chi connectivity index (χ1) is 17.6. The van der Waals surface area contributed by atoms with E-state index in [4.69, 9.17) is 0 Å². The van der Waals surface area contributed by atoms with E-state index in [0.29, 0.717) is 22.3 Å². The molecule has 0 unspecified atom stereocenters. The second kappa shape index (κ2) is 7.30. The third-order valence-corrected chi connectivity index (χ3v) is 8.87. The fourth-order valence-electron chi connectivity index (χ4n) is 6.01. The summed E-state index contributed by atoms with van der Waals surface area (Å²) in [5, 5.41) is 0. The summed E-state index contributed by atoms with van der Waals surface area (Å²) in [6.07, 6.45) is 0. The maximum atomic E-state index is 13.2. The lowest BCUT2D eigenvalue weighted by atomic mass is 9.76. The fourth-order valence-corrected chi connectivity index (χ4v) is 6.74. The Morgan fingerprint density at radius 1 is 0.432 bits per heavy atom. The quantitative estimate of drug-likeness (QED) is 0.192. The van der Waals surface area contributed by atoms with Gasteiger partial charge >= 0.3 is 0 Å². The number of ketones is 4. The number of hydrogen-bond acceptors (Lipinski definition) is 4. The summed E-state index contributed by atoms with van der Waals surface area (Å²) in [6, 6.07) is 18.4. The van der Waals surface area contributed by atoms with Gasteiger partial charge in [0.05, 0.1) is 0 Å². The highest BCUT2D eigenvalue weighted by Gasteiger charge is 2.42. The Kier molecular flexibility index (Phi) is 4.48. The molecule has 0 saturated carbocycles. The van der Waals surface area contributed by atoms with E-state index in [-0.39, 0.29) is 0 Å². The van der Waals surface area contributed by atoms with Crippen molar-refractivity contribution < 1.29 is 19.2 Å². The highest BCUT2D eigenvalue weighted by atomic mass is 79.9. The van der Waals surface area contributed by atoms with Crippen molar-refractivity contribution in [2.45, 2.75) is 19.3 Å². The van der Waals surface area contributed by atoms with Crippen LogP contribution < -0.4 is 0 Å². The second-order valence-corrected chi connectivity index (χ2v) is 12.0. The molecule has 4 nitrogen and oxygen atoms in total. The fraction of sp³-hybridized carbons (Fsp3) is 0.0968. The van der Waals surface area contributed by atoms with Gasteiger partial charge in [0.2, 0.25) is 23.1 Å². The summed E-state index contributed by atoms with van der Waals surface area (Å²) in [5.41, 5.74) is 7.64. The minimum Gasteiger partial charge on any atom is -0.285 e. The van der Waals surface area contributed by atoms with E-state index in [1.54, 1.807) is 24.3 Å². The lowest BCUT2D eigenvalue weighted by Gasteiger charge is -2.26. The molecule has 0 spiro atoms. The maximum Gasteiger partial charge on any atom is 0.234 e. The van der Waals surface area contributed by atoms with Crippen LogP contribution >= 0.6 is 31.9 Å². The van der Waals surface area contributed by atoms with Gasteiger partial charge in [-0.15, -0.1) is 0 Å². The summed E-state index contributed by atoms with van der Waals surface area (Å²) in [5.74, 6) is -2.15. The maximum absolute atomic E-state index is 13.2. The molecular weight excluding hydrogens is 596 g/mol. The third kappa shape index (κ3) is 2.88. The molecule has 37 heavy (non-hydrogen) atoms. The Morgan fingerprint density at radius 3 is 1.16 bits per heavy atom. The van der Waals surface area contributed by atoms with Crippen molar-refractivity contribution in [2.24, 2.45) is 0 Å². The van der Waals surface area contributed by atoms with Crippen LogP contribution in [0.3, 0.4) is 0 Å². The van der Waals surface area contributed by atoms with Crippen LogP contribution in [0.1, 0.15) is 66.4 Å². The minimum absolute atomic E-state index is 0.359. The van der Waals surface area contributed by atoms with Gasteiger partial charge in [-0.2, -0.15) is 0 Å². The van der Waals surface area contributed by atoms with E-state index >= 15 is 0 Å². The molecule has 0 N–H and O–H groups in total. The van der Waals surface area contributed by atoms with Crippen LogP contribution in [0, 0.1) is 0 Å². The molecule has 3 aliphatic carbocycles. The van der Waals surface area contributed by atoms with Gasteiger partial charge in [0.15, 0.2) is 0 Å². The number of halogens is 2. The average molecular weight is 612 g/mol. The lowest BCUT2D eigenvalue weighted by Crippen LogP contribution is -2.23. The highest BCUT2D eigenvalue weighted by Crippen LogP contribution is 2.53. The predicted octanol–water partition coefficient (Wildman–Crippen LogP) is 7.61. The summed E-state index contributed by atoms with van der Waals surface area (Å²) < 4.78 is 1.48. The molecule has 0 heterocycles. The molecule has 0 radical (unpaired) electrons. The van der Waals surface area contributed by atoms with Crippen molar-refractivity contribution in [3.8, 4) is 33.4 Å². The van der Waals surface area contributed by atoms with E-state index in [0.717, 1.165) is 53.5 Å². The summed E-state index contributed by atoms with van der Waals surface area (Å²) in [7, 11) is 0. The first-order valence-electron chi connectivity index (χ1n) is 11.7. The molecule has 0 amide bonds. The summed E-state index contributed by atoms with van der Waals surface area (Å²) >= 11 is 6.81. The van der Waals surface area contributed by atoms with Crippen molar-refractivity contribution in [3.05, 3.63) is 103 Å². The number of benzene rings is 4. The van der Waals surface area contributed by atoms with Crippen molar-refractivity contribution in [2.75, 3.05) is 0 Å². The Balaban J connectivity index is 1.51. The zero-order chi connectivity index (χ0) is 26.0. The Hall–Kier alpha value is -3.48. The van der Waals surface area contributed by atoms with E-state index in [2.05, 4.69) is 45.7 Å². The standard InChI is InChI=1S/C31H16Br2O4/c1-31(2)25-11-17-15-5-3-13(32)7-21(15)27(34)29(36)23(17)9-19(25)20-10-24-18(12-26(20)31)16-6-4-14(33)8-22(16)28(35)30(24)37/h3-12H,1-2H3. The predicted molar refractivity (Wildman–Crippen MR) is 148 cm³/mol. The second-order valence-electron chi connectivity index (χ2n) is 10.2. The Bertz CT molecular complexity index is 1710. The monoisotopic (exact) mass is 610 g/mol. The molecule has 0 bridgehead atoms. The third-order valence-electron chi connectivity index (χ3n) is 7.89. The number of carbonyl (C=O) groups excluding carboxylic acids is 4. The van der Waals surface area contributed by atoms with Crippen molar-refractivity contribution >= 4 is 55.0 Å². The van der Waals surface area contributed by atoms with Gasteiger partial charge in [0.25, 0.3) is 0 Å². The number of carbonyl (C=O) groups is 4. The van der Waals surface area contributed by atoms with E-state index in [9.17, 15) is 19.2 Å². The molecule has 7 rings (SSSR count). The molecule has 0 atom stereocenters. The molecule has 4 aromatic carbocycles. The van der Waals surface area contributed by atoms with Crippen LogP contribution in [0.2, 0.25) is 0 Å². The first-order valence-corrected chi connectivity index (χ1v) is 13.3. The molecule has 4 aromatic rings. The van der Waals surface area contributed by atoms with Gasteiger partial charge < -0.3 is 0 Å². The van der Waals surface area contributed by atoms with Crippen LogP contribution in [0.25, 0.3) is 33.4 Å². The minimum atomic E-state index is -0.543. The van der Waals surface area contributed by atoms with Gasteiger partial charge in [-0.1, -0.05) is 57.8 Å². The van der Waals surface area contributed by atoms with Crippen molar-refractivity contribution in [1.29, 1.82) is 0 Å². The number of Topliss-reactive ketones (excluding diaryl/α,β-unsaturated/α-hetero) is 4. The SMILES string of the molecule is CC1(C)c2cc3c(cc2-c2cc4c(cc21)-c1ccc(Br)cc1C(=O)C4=O)C(=O)C(=O)c1cc(Br)ccc1-3. The molecule has 0 aromatic heterocycles. The van der Waals surface area contributed by atoms with E-state index in [1.165, 1.54) is 0 Å². The van der Waals surface area contributed by atoms with Crippen LogP contribution in [0.4, 0.5) is 0 Å². The van der Waals surface area contributed by atoms with E-state index in [1.807, 2.05) is 36.4 Å². The zero-order valence-electron chi connectivity index (χ0n) is 19.7. The van der Waals surface area contributed by atoms with Crippen LogP contribution in [0.5, 0.6) is 0 Å². The van der Waals surface area contributed by atoms with Crippen molar-refractivity contribution in [3.63, 3.8) is 0 Å². The normalized spacial score (nSPS) is 16.0. The molecule has 0 aliphatic heterocycles. The smallest absolute Gasteiger partial charge is 0.234 e. The largest absolute Gasteiger partial charge is 0.285 e. The average Bonchev–Trinajstić information content (AvgIpc) is 3.09. The van der Waals surface area contributed by atoms with Gasteiger partial charge in [-0.25, -0.2) is 0 Å². The number of fused-ring (bicyclic) bond motifs is 9. The zero-order valence-corrected chi connectivity index (χ0v) is 22.8. The Labute approximate surface area is 229 Å². The topological polar surface area (TPSA) is 68.3 Å². The molecule has 6 heteroatoms. The van der Waals surface area contributed by atoms with Gasteiger partial charge in [-0.3, -0.25) is 19.2 Å². The van der Waals surface area contributed by atoms with Crippen molar-refractivity contribution in [1.82, 2.24) is 0 Å². The van der Waals surface area contributed by atoms with Gasteiger partial charge in [0.1, 0.15) is 0 Å². The molecule has 0 fully saturated rings. The highest BCUT2D eigenvalue weighted by molar-refractivity contribution is 9.10. The lowest BCUT2D eigenvalue weighted by molar-refractivity contribution is 0.0815. The van der Waals surface area contributed by atoms with Gasteiger partial charge in [-0.05, 0) is 93.0 Å². The van der Waals surface area contributed by atoms with E-state index < -0.39 is 28.5 Å². The van der Waals surface area contributed by atoms with Gasteiger partial charge in [0, 0.05) is 36.6 Å². The first kappa shape index (κ1) is 22.7. The number of rotatable bonds is 0. The Morgan fingerprint density at radius 2 is 0.784 bits per heavy atom. The summed E-state index contributed by atoms with van der Waals surface area (Å²) in [6.45, 7) is 4.24. The summed E-state index contributed by atoms with van der Waals surface area (Å²) in [4.78, 5) is 52.3. The van der Waals surface area contributed by atoms with Crippen LogP contribution in [-0.4, -0.2) is 23.1 Å².